The number of hydrogen-bond acceptors (Lipinski definition) is 4. The van der Waals surface area contributed by atoms with Crippen molar-refractivity contribution in [1.29, 1.82) is 0 Å². The topological polar surface area (TPSA) is 64.1 Å². The van der Waals surface area contributed by atoms with Crippen LogP contribution in [0.15, 0.2) is 24.3 Å². The summed E-state index contributed by atoms with van der Waals surface area (Å²) >= 11 is 5.99. The molecule has 23 heavy (non-hydrogen) atoms. The number of carboxylic acids is 1. The first kappa shape index (κ1) is 17.7. The molecule has 0 radical (unpaired) electrons. The van der Waals surface area contributed by atoms with Crippen LogP contribution in [0.1, 0.15) is 5.56 Å². The minimum atomic E-state index is -0.924. The Labute approximate surface area is 141 Å². The Hall–Kier alpha value is -1.63. The molecule has 1 saturated heterocycles. The number of aliphatic carboxylic acids is 1. The average Bonchev–Trinajstić information content (AvgIpc) is 2.47. The molecule has 1 N–H and O–H groups in total. The monoisotopic (exact) mass is 339 g/mol. The molecular weight excluding hydrogens is 318 g/mol. The van der Waals surface area contributed by atoms with Gasteiger partial charge >= 0.3 is 5.97 Å². The Balaban J connectivity index is 1.77. The van der Waals surface area contributed by atoms with Crippen LogP contribution in [0.5, 0.6) is 0 Å². The van der Waals surface area contributed by atoms with Gasteiger partial charge < -0.3 is 10.0 Å². The molecule has 0 unspecified atom stereocenters. The van der Waals surface area contributed by atoms with Gasteiger partial charge in [-0.05, 0) is 24.7 Å². The lowest BCUT2D eigenvalue weighted by Gasteiger charge is -2.35. The second-order valence-electron chi connectivity index (χ2n) is 5.85. The Morgan fingerprint density at radius 3 is 2.52 bits per heavy atom. The van der Waals surface area contributed by atoms with Crippen LogP contribution >= 0.6 is 11.6 Å². The maximum Gasteiger partial charge on any atom is 0.317 e. The number of carboxylic acid groups (broad SMARTS) is 1. The van der Waals surface area contributed by atoms with Crippen LogP contribution in [-0.4, -0.2) is 78.0 Å². The molecular formula is C16H22ClN3O3. The number of carbonyl (C=O) groups is 2. The number of likely N-dealkylation sites (N-methyl/N-ethyl adjacent to an activating group) is 1. The summed E-state index contributed by atoms with van der Waals surface area (Å²) < 4.78 is 0. The summed E-state index contributed by atoms with van der Waals surface area (Å²) in [4.78, 5) is 28.4. The first-order valence-electron chi connectivity index (χ1n) is 7.59. The third kappa shape index (κ3) is 5.82. The van der Waals surface area contributed by atoms with Gasteiger partial charge in [0.05, 0.1) is 13.1 Å². The van der Waals surface area contributed by atoms with E-state index in [4.69, 9.17) is 16.7 Å². The fraction of sp³-hybridized carbons (Fsp3) is 0.500. The van der Waals surface area contributed by atoms with Crippen LogP contribution in [0, 0.1) is 0 Å². The van der Waals surface area contributed by atoms with Gasteiger partial charge in [-0.15, -0.1) is 0 Å². The Morgan fingerprint density at radius 1 is 1.22 bits per heavy atom. The van der Waals surface area contributed by atoms with Crippen molar-refractivity contribution in [3.63, 3.8) is 0 Å². The molecule has 126 valence electrons. The average molecular weight is 340 g/mol. The fourth-order valence-electron chi connectivity index (χ4n) is 2.67. The van der Waals surface area contributed by atoms with Crippen LogP contribution < -0.4 is 0 Å². The van der Waals surface area contributed by atoms with Crippen LogP contribution in [0.2, 0.25) is 5.02 Å². The van der Waals surface area contributed by atoms with E-state index in [2.05, 4.69) is 4.90 Å². The van der Waals surface area contributed by atoms with Crippen molar-refractivity contribution in [2.24, 2.45) is 0 Å². The standard InChI is InChI=1S/C16H22ClN3O3/c1-18(12-16(22)23)11-15(21)20-7-5-19(6-8-20)10-13-3-2-4-14(17)9-13/h2-4,9H,5-8,10-12H2,1H3,(H,22,23). The molecule has 0 aliphatic carbocycles. The molecule has 1 amide bonds. The Bertz CT molecular complexity index is 559. The van der Waals surface area contributed by atoms with Crippen molar-refractivity contribution in [2.75, 3.05) is 46.3 Å². The number of amides is 1. The number of hydrogen-bond donors (Lipinski definition) is 1. The number of piperazine rings is 1. The quantitative estimate of drug-likeness (QED) is 0.837. The van der Waals surface area contributed by atoms with Gasteiger partial charge in [-0.25, -0.2) is 0 Å². The summed E-state index contributed by atoms with van der Waals surface area (Å²) in [5, 5.41) is 9.45. The van der Waals surface area contributed by atoms with Crippen molar-refractivity contribution in [3.05, 3.63) is 34.9 Å². The van der Waals surface area contributed by atoms with E-state index in [1.807, 2.05) is 24.3 Å². The van der Waals surface area contributed by atoms with Crippen LogP contribution in [-0.2, 0) is 16.1 Å². The number of halogens is 1. The van der Waals surface area contributed by atoms with Crippen molar-refractivity contribution in [3.8, 4) is 0 Å². The van der Waals surface area contributed by atoms with Crippen molar-refractivity contribution in [1.82, 2.24) is 14.7 Å². The Morgan fingerprint density at radius 2 is 1.91 bits per heavy atom. The van der Waals surface area contributed by atoms with E-state index in [-0.39, 0.29) is 19.0 Å². The van der Waals surface area contributed by atoms with Gasteiger partial charge in [0.25, 0.3) is 0 Å². The minimum Gasteiger partial charge on any atom is -0.480 e. The number of carbonyl (C=O) groups excluding carboxylic acids is 1. The smallest absolute Gasteiger partial charge is 0.317 e. The van der Waals surface area contributed by atoms with E-state index in [0.717, 1.165) is 24.7 Å². The summed E-state index contributed by atoms with van der Waals surface area (Å²) in [7, 11) is 1.64. The largest absolute Gasteiger partial charge is 0.480 e. The van der Waals surface area contributed by atoms with Gasteiger partial charge in [0.2, 0.25) is 5.91 Å². The van der Waals surface area contributed by atoms with Gasteiger partial charge in [-0.2, -0.15) is 0 Å². The molecule has 2 rings (SSSR count). The Kier molecular flexibility index (Phi) is 6.38. The molecule has 1 aromatic carbocycles. The molecule has 0 bridgehead atoms. The van der Waals surface area contributed by atoms with Crippen LogP contribution in [0.4, 0.5) is 0 Å². The molecule has 0 aromatic heterocycles. The van der Waals surface area contributed by atoms with E-state index in [9.17, 15) is 9.59 Å². The van der Waals surface area contributed by atoms with Crippen LogP contribution in [0.25, 0.3) is 0 Å². The lowest BCUT2D eigenvalue weighted by Crippen LogP contribution is -2.50. The number of rotatable bonds is 6. The SMILES string of the molecule is CN(CC(=O)O)CC(=O)N1CCN(Cc2cccc(Cl)c2)CC1. The zero-order chi connectivity index (χ0) is 16.8. The lowest BCUT2D eigenvalue weighted by molar-refractivity contribution is -0.139. The zero-order valence-corrected chi connectivity index (χ0v) is 14.0. The molecule has 1 aliphatic rings. The molecule has 0 saturated carbocycles. The molecule has 1 aliphatic heterocycles. The molecule has 0 spiro atoms. The predicted molar refractivity (Wildman–Crippen MR) is 88.4 cm³/mol. The van der Waals surface area contributed by atoms with Crippen LogP contribution in [0.3, 0.4) is 0 Å². The highest BCUT2D eigenvalue weighted by Gasteiger charge is 2.22. The van der Waals surface area contributed by atoms with Gasteiger partial charge in [0.15, 0.2) is 0 Å². The van der Waals surface area contributed by atoms with E-state index < -0.39 is 5.97 Å². The fourth-order valence-corrected chi connectivity index (χ4v) is 2.88. The number of benzene rings is 1. The molecule has 1 fully saturated rings. The summed E-state index contributed by atoms with van der Waals surface area (Å²) in [5.74, 6) is -0.942. The normalized spacial score (nSPS) is 15.9. The van der Waals surface area contributed by atoms with Gasteiger partial charge in [-0.3, -0.25) is 19.4 Å². The first-order valence-corrected chi connectivity index (χ1v) is 7.97. The van der Waals surface area contributed by atoms with E-state index in [1.54, 1.807) is 11.9 Å². The third-order valence-corrected chi connectivity index (χ3v) is 4.07. The first-order chi connectivity index (χ1) is 10.9. The maximum atomic E-state index is 12.2. The van der Waals surface area contributed by atoms with E-state index in [1.165, 1.54) is 10.5 Å². The number of nitrogens with zero attached hydrogens (tertiary/aromatic N) is 3. The highest BCUT2D eigenvalue weighted by molar-refractivity contribution is 6.30. The maximum absolute atomic E-state index is 12.2. The highest BCUT2D eigenvalue weighted by Crippen LogP contribution is 2.14. The van der Waals surface area contributed by atoms with Crippen molar-refractivity contribution < 1.29 is 14.7 Å². The van der Waals surface area contributed by atoms with E-state index in [0.29, 0.717) is 13.1 Å². The van der Waals surface area contributed by atoms with E-state index >= 15 is 0 Å². The van der Waals surface area contributed by atoms with Gasteiger partial charge in [-0.1, -0.05) is 23.7 Å². The molecule has 1 aromatic rings. The van der Waals surface area contributed by atoms with Crippen molar-refractivity contribution in [2.45, 2.75) is 6.54 Å². The molecule has 7 heteroatoms. The second-order valence-corrected chi connectivity index (χ2v) is 6.29. The second kappa shape index (κ2) is 8.29. The molecule has 0 atom stereocenters. The lowest BCUT2D eigenvalue weighted by atomic mass is 10.2. The summed E-state index contributed by atoms with van der Waals surface area (Å²) in [6.45, 7) is 3.78. The molecule has 6 nitrogen and oxygen atoms in total. The highest BCUT2D eigenvalue weighted by atomic mass is 35.5. The van der Waals surface area contributed by atoms with Gasteiger partial charge in [0.1, 0.15) is 0 Å². The summed E-state index contributed by atoms with van der Waals surface area (Å²) in [6.07, 6.45) is 0. The van der Waals surface area contributed by atoms with Gasteiger partial charge in [0, 0.05) is 37.7 Å². The molecule has 1 heterocycles. The third-order valence-electron chi connectivity index (χ3n) is 3.83. The zero-order valence-electron chi connectivity index (χ0n) is 13.2. The van der Waals surface area contributed by atoms with Crippen molar-refractivity contribution >= 4 is 23.5 Å². The predicted octanol–water partition coefficient (Wildman–Crippen LogP) is 1.00. The summed E-state index contributed by atoms with van der Waals surface area (Å²) in [6, 6.07) is 7.80. The summed E-state index contributed by atoms with van der Waals surface area (Å²) in [5.41, 5.74) is 1.17. The minimum absolute atomic E-state index is 0.0174.